The highest BCUT2D eigenvalue weighted by Crippen LogP contribution is 2.20. The standard InChI is InChI=1S/C8H12N4O3/c1-8(2,6(14)15)3-5(13)11-7-9-4-10-12-7/h4H,3H2,1-2H3,(H,14,15)(H2,9,10,11,12,13). The van der Waals surface area contributed by atoms with Gasteiger partial charge in [-0.3, -0.25) is 14.9 Å². The summed E-state index contributed by atoms with van der Waals surface area (Å²) in [5.41, 5.74) is -1.09. The summed E-state index contributed by atoms with van der Waals surface area (Å²) < 4.78 is 0. The fraction of sp³-hybridized carbons (Fsp3) is 0.500. The van der Waals surface area contributed by atoms with Crippen LogP contribution < -0.4 is 5.32 Å². The quantitative estimate of drug-likeness (QED) is 0.662. The molecule has 0 bridgehead atoms. The molecule has 0 spiro atoms. The van der Waals surface area contributed by atoms with Crippen molar-refractivity contribution < 1.29 is 14.7 Å². The first-order valence-electron chi connectivity index (χ1n) is 4.30. The number of carboxylic acid groups (broad SMARTS) is 1. The van der Waals surface area contributed by atoms with Crippen molar-refractivity contribution >= 4 is 17.8 Å². The van der Waals surface area contributed by atoms with Gasteiger partial charge in [0.25, 0.3) is 0 Å². The molecule has 3 N–H and O–H groups in total. The Morgan fingerprint density at radius 2 is 2.27 bits per heavy atom. The third-order valence-electron chi connectivity index (χ3n) is 1.85. The van der Waals surface area contributed by atoms with Gasteiger partial charge in [0.2, 0.25) is 11.9 Å². The van der Waals surface area contributed by atoms with Crippen molar-refractivity contribution in [3.63, 3.8) is 0 Å². The second kappa shape index (κ2) is 4.07. The largest absolute Gasteiger partial charge is 0.481 e. The van der Waals surface area contributed by atoms with E-state index >= 15 is 0 Å². The fourth-order valence-electron chi connectivity index (χ4n) is 0.919. The summed E-state index contributed by atoms with van der Waals surface area (Å²) in [5, 5.41) is 17.2. The van der Waals surface area contributed by atoms with Crippen LogP contribution in [-0.2, 0) is 9.59 Å². The van der Waals surface area contributed by atoms with Gasteiger partial charge in [-0.25, -0.2) is 5.10 Å². The van der Waals surface area contributed by atoms with Crippen molar-refractivity contribution in [2.75, 3.05) is 5.32 Å². The minimum atomic E-state index is -1.09. The van der Waals surface area contributed by atoms with Crippen molar-refractivity contribution in [2.24, 2.45) is 5.41 Å². The molecular formula is C8H12N4O3. The number of nitrogens with zero attached hydrogens (tertiary/aromatic N) is 2. The molecule has 0 atom stereocenters. The number of anilines is 1. The number of H-pyrrole nitrogens is 1. The summed E-state index contributed by atoms with van der Waals surface area (Å²) in [5.74, 6) is -1.23. The van der Waals surface area contributed by atoms with Gasteiger partial charge in [-0.1, -0.05) is 0 Å². The lowest BCUT2D eigenvalue weighted by molar-refractivity contribution is -0.148. The van der Waals surface area contributed by atoms with Crippen molar-refractivity contribution in [1.82, 2.24) is 15.2 Å². The lowest BCUT2D eigenvalue weighted by Gasteiger charge is -2.17. The predicted molar refractivity (Wildman–Crippen MR) is 51.0 cm³/mol. The average molecular weight is 212 g/mol. The Bertz CT molecular complexity index is 358. The second-order valence-electron chi connectivity index (χ2n) is 3.75. The number of nitrogens with one attached hydrogen (secondary N) is 2. The number of aromatic amines is 1. The normalized spacial score (nSPS) is 11.1. The molecule has 0 radical (unpaired) electrons. The van der Waals surface area contributed by atoms with Crippen LogP contribution in [-0.4, -0.2) is 32.2 Å². The van der Waals surface area contributed by atoms with Crippen LogP contribution in [0, 0.1) is 5.41 Å². The molecule has 1 aromatic rings. The monoisotopic (exact) mass is 212 g/mol. The number of carbonyl (C=O) groups excluding carboxylic acids is 1. The highest BCUT2D eigenvalue weighted by Gasteiger charge is 2.30. The first-order chi connectivity index (χ1) is 6.92. The number of aliphatic carboxylic acids is 1. The van der Waals surface area contributed by atoms with Crippen molar-refractivity contribution in [3.8, 4) is 0 Å². The van der Waals surface area contributed by atoms with Gasteiger partial charge < -0.3 is 5.11 Å². The van der Waals surface area contributed by atoms with Gasteiger partial charge in [-0.2, -0.15) is 10.1 Å². The fourth-order valence-corrected chi connectivity index (χ4v) is 0.919. The highest BCUT2D eigenvalue weighted by atomic mass is 16.4. The smallest absolute Gasteiger partial charge is 0.309 e. The Morgan fingerprint density at radius 1 is 1.60 bits per heavy atom. The first kappa shape index (κ1) is 11.2. The van der Waals surface area contributed by atoms with Gasteiger partial charge >= 0.3 is 5.97 Å². The van der Waals surface area contributed by atoms with E-state index in [2.05, 4.69) is 20.5 Å². The molecule has 0 fully saturated rings. The highest BCUT2D eigenvalue weighted by molar-refractivity contribution is 5.92. The first-order valence-corrected chi connectivity index (χ1v) is 4.30. The van der Waals surface area contributed by atoms with Crippen LogP contribution in [0.2, 0.25) is 0 Å². The van der Waals surface area contributed by atoms with Crippen LogP contribution in [0.4, 0.5) is 5.95 Å². The molecule has 1 heterocycles. The van der Waals surface area contributed by atoms with Crippen LogP contribution in [0.3, 0.4) is 0 Å². The summed E-state index contributed by atoms with van der Waals surface area (Å²) in [6.45, 7) is 2.96. The summed E-state index contributed by atoms with van der Waals surface area (Å²) in [6, 6.07) is 0. The molecule has 0 aliphatic carbocycles. The van der Waals surface area contributed by atoms with Gasteiger partial charge in [0.05, 0.1) is 5.41 Å². The maximum Gasteiger partial charge on any atom is 0.309 e. The van der Waals surface area contributed by atoms with Crippen molar-refractivity contribution in [1.29, 1.82) is 0 Å². The number of carboxylic acids is 1. The Labute approximate surface area is 85.9 Å². The summed E-state index contributed by atoms with van der Waals surface area (Å²) >= 11 is 0. The van der Waals surface area contributed by atoms with E-state index in [9.17, 15) is 9.59 Å². The SMILES string of the molecule is CC(C)(CC(=O)Nc1ncn[nH]1)C(=O)O. The number of hydrogen-bond acceptors (Lipinski definition) is 4. The number of amides is 1. The van der Waals surface area contributed by atoms with Gasteiger partial charge in [-0.15, -0.1) is 0 Å². The maximum absolute atomic E-state index is 11.4. The molecular weight excluding hydrogens is 200 g/mol. The molecule has 7 heteroatoms. The molecule has 1 amide bonds. The predicted octanol–water partition coefficient (Wildman–Crippen LogP) is 0.244. The molecule has 0 aliphatic rings. The number of rotatable bonds is 4. The van der Waals surface area contributed by atoms with Crippen LogP contribution in [0.15, 0.2) is 6.33 Å². The van der Waals surface area contributed by atoms with E-state index in [1.807, 2.05) is 0 Å². The molecule has 0 aromatic carbocycles. The second-order valence-corrected chi connectivity index (χ2v) is 3.75. The minimum absolute atomic E-state index is 0.122. The average Bonchev–Trinajstić information content (AvgIpc) is 2.54. The van der Waals surface area contributed by atoms with E-state index in [-0.39, 0.29) is 12.4 Å². The summed E-state index contributed by atoms with van der Waals surface area (Å²) in [6.07, 6.45) is 1.13. The Kier molecular flexibility index (Phi) is 3.03. The lowest BCUT2D eigenvalue weighted by Crippen LogP contribution is -2.29. The van der Waals surface area contributed by atoms with Crippen LogP contribution in [0.5, 0.6) is 0 Å². The lowest BCUT2D eigenvalue weighted by atomic mass is 9.89. The molecule has 0 unspecified atom stereocenters. The molecule has 7 nitrogen and oxygen atoms in total. The van der Waals surface area contributed by atoms with Crippen LogP contribution >= 0.6 is 0 Å². The van der Waals surface area contributed by atoms with E-state index in [4.69, 9.17) is 5.11 Å². The molecule has 1 aromatic heterocycles. The summed E-state index contributed by atoms with van der Waals surface area (Å²) in [7, 11) is 0. The van der Waals surface area contributed by atoms with Crippen molar-refractivity contribution in [3.05, 3.63) is 6.33 Å². The van der Waals surface area contributed by atoms with Gasteiger partial charge in [0.15, 0.2) is 0 Å². The molecule has 15 heavy (non-hydrogen) atoms. The topological polar surface area (TPSA) is 108 Å². The zero-order valence-electron chi connectivity index (χ0n) is 8.44. The molecule has 82 valence electrons. The van der Waals surface area contributed by atoms with E-state index in [1.54, 1.807) is 0 Å². The Balaban J connectivity index is 2.53. The maximum atomic E-state index is 11.4. The Hall–Kier alpha value is -1.92. The van der Waals surface area contributed by atoms with Crippen LogP contribution in [0.25, 0.3) is 0 Å². The third-order valence-corrected chi connectivity index (χ3v) is 1.85. The number of aromatic nitrogens is 3. The summed E-state index contributed by atoms with van der Waals surface area (Å²) in [4.78, 5) is 25.8. The molecule has 0 saturated carbocycles. The number of hydrogen-bond donors (Lipinski definition) is 3. The number of carbonyl (C=O) groups is 2. The van der Waals surface area contributed by atoms with E-state index in [0.717, 1.165) is 0 Å². The van der Waals surface area contributed by atoms with Gasteiger partial charge in [-0.05, 0) is 13.8 Å². The van der Waals surface area contributed by atoms with E-state index in [1.165, 1.54) is 20.2 Å². The Morgan fingerprint density at radius 3 is 2.73 bits per heavy atom. The molecule has 0 saturated heterocycles. The van der Waals surface area contributed by atoms with Crippen molar-refractivity contribution in [2.45, 2.75) is 20.3 Å². The zero-order valence-corrected chi connectivity index (χ0v) is 8.44. The molecule has 1 rings (SSSR count). The van der Waals surface area contributed by atoms with Gasteiger partial charge in [0.1, 0.15) is 6.33 Å². The van der Waals surface area contributed by atoms with Crippen LogP contribution in [0.1, 0.15) is 20.3 Å². The van der Waals surface area contributed by atoms with Gasteiger partial charge in [0, 0.05) is 6.42 Å². The van der Waals surface area contributed by atoms with E-state index < -0.39 is 17.3 Å². The zero-order chi connectivity index (χ0) is 11.5. The minimum Gasteiger partial charge on any atom is -0.481 e. The van der Waals surface area contributed by atoms with E-state index in [0.29, 0.717) is 0 Å². The molecule has 0 aliphatic heterocycles. The third kappa shape index (κ3) is 3.04.